The molecule has 10 heteroatoms. The standard InChI is InChI=1S/C20H16Cl2N4O3S/c1-11(29-17-8-5-13(21)9-15(17)22)18(27)23-19-24-20-26(25-19)16(10-30-20)12-3-6-14(28-2)7-4-12/h3-11H,1-2H3,(H,23,25,27). The lowest BCUT2D eigenvalue weighted by molar-refractivity contribution is -0.122. The van der Waals surface area contributed by atoms with Crippen LogP contribution in [-0.2, 0) is 4.79 Å². The van der Waals surface area contributed by atoms with Crippen LogP contribution in [0.25, 0.3) is 16.2 Å². The average molecular weight is 463 g/mol. The van der Waals surface area contributed by atoms with Crippen molar-refractivity contribution in [3.05, 3.63) is 57.9 Å². The molecule has 0 aliphatic rings. The fourth-order valence-corrected chi connectivity index (χ4v) is 4.01. The molecule has 1 N–H and O–H groups in total. The van der Waals surface area contributed by atoms with E-state index < -0.39 is 12.0 Å². The molecular weight excluding hydrogens is 447 g/mol. The first kappa shape index (κ1) is 20.5. The number of carbonyl (C=O) groups excluding carboxylic acids is 1. The van der Waals surface area contributed by atoms with Gasteiger partial charge < -0.3 is 9.47 Å². The summed E-state index contributed by atoms with van der Waals surface area (Å²) in [5.74, 6) is 0.931. The number of carbonyl (C=O) groups is 1. The molecular formula is C20H16Cl2N4O3S. The Bertz CT molecular complexity index is 1210. The summed E-state index contributed by atoms with van der Waals surface area (Å²) >= 11 is 13.4. The fourth-order valence-electron chi connectivity index (χ4n) is 2.72. The van der Waals surface area contributed by atoms with E-state index in [-0.39, 0.29) is 5.95 Å². The lowest BCUT2D eigenvalue weighted by Crippen LogP contribution is -2.30. The summed E-state index contributed by atoms with van der Waals surface area (Å²) in [6.07, 6.45) is -0.814. The van der Waals surface area contributed by atoms with Crippen molar-refractivity contribution in [3.63, 3.8) is 0 Å². The van der Waals surface area contributed by atoms with E-state index in [1.807, 2.05) is 29.6 Å². The van der Waals surface area contributed by atoms with Gasteiger partial charge in [-0.05, 0) is 49.4 Å². The number of fused-ring (bicyclic) bond motifs is 1. The Morgan fingerprint density at radius 1 is 1.20 bits per heavy atom. The molecule has 1 atom stereocenters. The number of methoxy groups -OCH3 is 1. The van der Waals surface area contributed by atoms with Crippen molar-refractivity contribution in [2.75, 3.05) is 12.4 Å². The Kier molecular flexibility index (Phi) is 5.80. The number of ether oxygens (including phenoxy) is 2. The molecule has 4 rings (SSSR count). The largest absolute Gasteiger partial charge is 0.497 e. The molecule has 0 radical (unpaired) electrons. The molecule has 154 valence electrons. The molecule has 7 nitrogen and oxygen atoms in total. The Hall–Kier alpha value is -2.81. The van der Waals surface area contributed by atoms with E-state index in [0.29, 0.717) is 20.8 Å². The van der Waals surface area contributed by atoms with Gasteiger partial charge in [0.2, 0.25) is 4.96 Å². The first-order chi connectivity index (χ1) is 14.4. The van der Waals surface area contributed by atoms with E-state index in [2.05, 4.69) is 15.4 Å². The monoisotopic (exact) mass is 462 g/mol. The average Bonchev–Trinajstić information content (AvgIpc) is 3.30. The van der Waals surface area contributed by atoms with E-state index in [4.69, 9.17) is 32.7 Å². The molecule has 0 spiro atoms. The van der Waals surface area contributed by atoms with Crippen LogP contribution in [0.1, 0.15) is 6.92 Å². The molecule has 2 aromatic heterocycles. The lowest BCUT2D eigenvalue weighted by Gasteiger charge is -2.14. The molecule has 0 saturated carbocycles. The van der Waals surface area contributed by atoms with Gasteiger partial charge in [-0.1, -0.05) is 23.2 Å². The third-order valence-electron chi connectivity index (χ3n) is 4.27. The topological polar surface area (TPSA) is 77.8 Å². The van der Waals surface area contributed by atoms with Crippen molar-refractivity contribution in [1.82, 2.24) is 14.6 Å². The van der Waals surface area contributed by atoms with Crippen LogP contribution in [0.4, 0.5) is 5.95 Å². The molecule has 0 aliphatic heterocycles. The van der Waals surface area contributed by atoms with Gasteiger partial charge in [-0.15, -0.1) is 16.4 Å². The highest BCUT2D eigenvalue weighted by molar-refractivity contribution is 7.15. The predicted molar refractivity (Wildman–Crippen MR) is 118 cm³/mol. The van der Waals surface area contributed by atoms with Gasteiger partial charge in [0.25, 0.3) is 11.9 Å². The second kappa shape index (κ2) is 8.51. The summed E-state index contributed by atoms with van der Waals surface area (Å²) in [7, 11) is 1.62. The molecule has 4 aromatic rings. The van der Waals surface area contributed by atoms with Gasteiger partial charge in [0.1, 0.15) is 11.5 Å². The van der Waals surface area contributed by atoms with Gasteiger partial charge in [-0.3, -0.25) is 10.1 Å². The van der Waals surface area contributed by atoms with Crippen LogP contribution in [0.3, 0.4) is 0 Å². The minimum absolute atomic E-state index is 0.194. The highest BCUT2D eigenvalue weighted by Gasteiger charge is 2.19. The summed E-state index contributed by atoms with van der Waals surface area (Å²) in [6, 6.07) is 12.4. The maximum absolute atomic E-state index is 12.5. The van der Waals surface area contributed by atoms with Crippen LogP contribution in [0.5, 0.6) is 11.5 Å². The second-order valence-corrected chi connectivity index (χ2v) is 7.98. The van der Waals surface area contributed by atoms with Gasteiger partial charge in [-0.2, -0.15) is 4.98 Å². The highest BCUT2D eigenvalue weighted by Crippen LogP contribution is 2.29. The van der Waals surface area contributed by atoms with Crippen LogP contribution < -0.4 is 14.8 Å². The van der Waals surface area contributed by atoms with E-state index in [9.17, 15) is 4.79 Å². The number of amides is 1. The number of aromatic nitrogens is 3. The zero-order valence-electron chi connectivity index (χ0n) is 15.9. The van der Waals surface area contributed by atoms with E-state index in [1.165, 1.54) is 11.3 Å². The summed E-state index contributed by atoms with van der Waals surface area (Å²) in [4.78, 5) is 17.5. The number of anilines is 1. The Labute approximate surface area is 186 Å². The van der Waals surface area contributed by atoms with Gasteiger partial charge >= 0.3 is 0 Å². The van der Waals surface area contributed by atoms with Crippen molar-refractivity contribution in [2.45, 2.75) is 13.0 Å². The van der Waals surface area contributed by atoms with Crippen LogP contribution in [0.2, 0.25) is 10.0 Å². The molecule has 1 unspecified atom stereocenters. The third kappa shape index (κ3) is 4.21. The van der Waals surface area contributed by atoms with Crippen molar-refractivity contribution in [1.29, 1.82) is 0 Å². The van der Waals surface area contributed by atoms with Gasteiger partial charge in [0.15, 0.2) is 6.10 Å². The molecule has 2 aromatic carbocycles. The quantitative estimate of drug-likeness (QED) is 0.427. The summed E-state index contributed by atoms with van der Waals surface area (Å²) in [5.41, 5.74) is 1.82. The minimum atomic E-state index is -0.814. The lowest BCUT2D eigenvalue weighted by atomic mass is 10.2. The third-order valence-corrected chi connectivity index (χ3v) is 5.62. The normalized spacial score (nSPS) is 12.0. The zero-order chi connectivity index (χ0) is 21.3. The number of hydrogen-bond acceptors (Lipinski definition) is 6. The van der Waals surface area contributed by atoms with Crippen LogP contribution >= 0.6 is 34.5 Å². The summed E-state index contributed by atoms with van der Waals surface area (Å²) < 4.78 is 12.5. The molecule has 0 aliphatic carbocycles. The number of thiazole rings is 1. The number of nitrogens with zero attached hydrogens (tertiary/aromatic N) is 3. The van der Waals surface area contributed by atoms with Crippen molar-refractivity contribution < 1.29 is 14.3 Å². The SMILES string of the molecule is COc1ccc(-c2csc3nc(NC(=O)C(C)Oc4ccc(Cl)cc4Cl)nn23)cc1. The van der Waals surface area contributed by atoms with Crippen LogP contribution in [-0.4, -0.2) is 33.7 Å². The molecule has 1 amide bonds. The molecule has 0 saturated heterocycles. The number of benzene rings is 2. The summed E-state index contributed by atoms with van der Waals surface area (Å²) in [6.45, 7) is 1.61. The maximum atomic E-state index is 12.5. The Balaban J connectivity index is 1.49. The van der Waals surface area contributed by atoms with Crippen molar-refractivity contribution in [3.8, 4) is 22.8 Å². The van der Waals surface area contributed by atoms with Gasteiger partial charge in [0.05, 0.1) is 17.8 Å². The maximum Gasteiger partial charge on any atom is 0.267 e. The number of halogens is 2. The first-order valence-corrected chi connectivity index (χ1v) is 10.5. The zero-order valence-corrected chi connectivity index (χ0v) is 18.3. The van der Waals surface area contributed by atoms with E-state index >= 15 is 0 Å². The minimum Gasteiger partial charge on any atom is -0.497 e. The highest BCUT2D eigenvalue weighted by atomic mass is 35.5. The fraction of sp³-hybridized carbons (Fsp3) is 0.150. The van der Waals surface area contributed by atoms with Crippen molar-refractivity contribution >= 4 is 51.4 Å². The van der Waals surface area contributed by atoms with Gasteiger partial charge in [0, 0.05) is 16.0 Å². The van der Waals surface area contributed by atoms with E-state index in [1.54, 1.807) is 36.7 Å². The Morgan fingerprint density at radius 2 is 1.97 bits per heavy atom. The Morgan fingerprint density at radius 3 is 2.67 bits per heavy atom. The second-order valence-electron chi connectivity index (χ2n) is 6.30. The van der Waals surface area contributed by atoms with Crippen LogP contribution in [0, 0.1) is 0 Å². The van der Waals surface area contributed by atoms with Crippen molar-refractivity contribution in [2.24, 2.45) is 0 Å². The molecule has 0 fully saturated rings. The smallest absolute Gasteiger partial charge is 0.267 e. The summed E-state index contributed by atoms with van der Waals surface area (Å²) in [5, 5.41) is 9.85. The number of hydrogen-bond donors (Lipinski definition) is 1. The molecule has 2 heterocycles. The number of nitrogens with one attached hydrogen (secondary N) is 1. The van der Waals surface area contributed by atoms with Gasteiger partial charge in [-0.25, -0.2) is 4.52 Å². The molecule has 0 bridgehead atoms. The first-order valence-electron chi connectivity index (χ1n) is 8.86. The van der Waals surface area contributed by atoms with Crippen LogP contribution in [0.15, 0.2) is 47.8 Å². The van der Waals surface area contributed by atoms with E-state index in [0.717, 1.165) is 17.0 Å². The number of rotatable bonds is 6. The predicted octanol–water partition coefficient (Wildman–Crippen LogP) is 5.18. The molecule has 30 heavy (non-hydrogen) atoms.